The maximum Gasteiger partial charge on any atom is 0.250 e. The maximum absolute atomic E-state index is 12.1. The largest absolute Gasteiger partial charge is 0.543 e. The number of aromatic nitrogens is 4. The van der Waals surface area contributed by atoms with Crippen molar-refractivity contribution >= 4 is 29.1 Å². The van der Waals surface area contributed by atoms with Gasteiger partial charge in [-0.25, -0.2) is 23.1 Å². The first-order valence-corrected chi connectivity index (χ1v) is 16.0. The van der Waals surface area contributed by atoms with Crippen molar-refractivity contribution in [2.24, 2.45) is 0 Å². The third-order valence-electron chi connectivity index (χ3n) is 6.49. The summed E-state index contributed by atoms with van der Waals surface area (Å²) in [7, 11) is -5.60. The van der Waals surface area contributed by atoms with Gasteiger partial charge in [-0.15, -0.1) is 0 Å². The van der Waals surface area contributed by atoms with Gasteiger partial charge in [-0.05, 0) is 61.7 Å². The van der Waals surface area contributed by atoms with Gasteiger partial charge in [0.2, 0.25) is 23.3 Å². The first-order chi connectivity index (χ1) is 15.4. The van der Waals surface area contributed by atoms with Gasteiger partial charge in [0, 0.05) is 24.4 Å². The molecule has 1 aliphatic rings. The zero-order valence-corrected chi connectivity index (χ0v) is 21.9. The molecule has 1 saturated heterocycles. The number of rotatable bonds is 5. The van der Waals surface area contributed by atoms with E-state index in [2.05, 4.69) is 43.8 Å². The van der Waals surface area contributed by atoms with Crippen LogP contribution in [-0.2, 0) is 14.6 Å². The van der Waals surface area contributed by atoms with Gasteiger partial charge >= 0.3 is 0 Å². The molecule has 0 aliphatic carbocycles. The Labute approximate surface area is 196 Å². The van der Waals surface area contributed by atoms with Gasteiger partial charge in [0.15, 0.2) is 6.23 Å². The molecule has 3 heterocycles. The third-order valence-corrected chi connectivity index (χ3v) is 11.7. The van der Waals surface area contributed by atoms with E-state index in [1.54, 1.807) is 6.07 Å². The topological polar surface area (TPSA) is 96.2 Å². The Morgan fingerprint density at radius 1 is 1.18 bits per heavy atom. The van der Waals surface area contributed by atoms with E-state index in [1.165, 1.54) is 6.20 Å². The molecule has 178 valence electrons. The smallest absolute Gasteiger partial charge is 0.250 e. The van der Waals surface area contributed by atoms with Gasteiger partial charge in [-0.3, -0.25) is 0 Å². The number of benzene rings is 1. The molecule has 33 heavy (non-hydrogen) atoms. The standard InChI is InChI=1S/C23H32N4O4SSi/c1-23(2,3)33(5,6)31-16-10-11-19-17(15-16)21(26-27(19)20-9-7-8-14-30-20)18-12-13-24-22(25-18)32(4,28)29/h10-13,15,20H,7-9,14H2,1-6H3. The summed E-state index contributed by atoms with van der Waals surface area (Å²) < 4.78 is 38.5. The van der Waals surface area contributed by atoms with Crippen molar-refractivity contribution < 1.29 is 17.6 Å². The Morgan fingerprint density at radius 3 is 2.58 bits per heavy atom. The first kappa shape index (κ1) is 23.8. The molecule has 0 N–H and O–H groups in total. The summed E-state index contributed by atoms with van der Waals surface area (Å²) in [5.41, 5.74) is 1.95. The molecular formula is C23H32N4O4SSi. The molecule has 1 atom stereocenters. The lowest BCUT2D eigenvalue weighted by Crippen LogP contribution is -2.43. The highest BCUT2D eigenvalue weighted by atomic mass is 32.2. The van der Waals surface area contributed by atoms with Crippen molar-refractivity contribution in [1.29, 1.82) is 0 Å². The van der Waals surface area contributed by atoms with E-state index in [-0.39, 0.29) is 16.4 Å². The second kappa shape index (κ2) is 8.48. The molecule has 3 aromatic rings. The minimum Gasteiger partial charge on any atom is -0.543 e. The normalized spacial score (nSPS) is 17.9. The van der Waals surface area contributed by atoms with E-state index in [4.69, 9.17) is 14.3 Å². The summed E-state index contributed by atoms with van der Waals surface area (Å²) in [4.78, 5) is 8.25. The number of ether oxygens (including phenoxy) is 1. The average Bonchev–Trinajstić information content (AvgIpc) is 3.12. The van der Waals surface area contributed by atoms with Crippen molar-refractivity contribution in [3.05, 3.63) is 30.5 Å². The third kappa shape index (κ3) is 4.83. The lowest BCUT2D eigenvalue weighted by atomic mass is 10.1. The van der Waals surface area contributed by atoms with Crippen LogP contribution >= 0.6 is 0 Å². The Kier molecular flexibility index (Phi) is 6.13. The zero-order valence-electron chi connectivity index (χ0n) is 20.1. The van der Waals surface area contributed by atoms with E-state index in [1.807, 2.05) is 22.9 Å². The molecule has 0 radical (unpaired) electrons. The van der Waals surface area contributed by atoms with Crippen LogP contribution in [0.2, 0.25) is 18.1 Å². The molecule has 0 saturated carbocycles. The predicted molar refractivity (Wildman–Crippen MR) is 131 cm³/mol. The van der Waals surface area contributed by atoms with Gasteiger partial charge in [0.1, 0.15) is 11.4 Å². The summed E-state index contributed by atoms with van der Waals surface area (Å²) >= 11 is 0. The molecule has 1 aliphatic heterocycles. The molecule has 10 heteroatoms. The molecule has 2 aromatic heterocycles. The molecule has 1 unspecified atom stereocenters. The Balaban J connectivity index is 1.87. The van der Waals surface area contributed by atoms with E-state index in [0.29, 0.717) is 18.0 Å². The number of hydrogen-bond acceptors (Lipinski definition) is 7. The predicted octanol–water partition coefficient (Wildman–Crippen LogP) is 4.98. The highest BCUT2D eigenvalue weighted by molar-refractivity contribution is 7.90. The highest BCUT2D eigenvalue weighted by Gasteiger charge is 2.39. The molecule has 8 nitrogen and oxygen atoms in total. The lowest BCUT2D eigenvalue weighted by molar-refractivity contribution is -0.0365. The monoisotopic (exact) mass is 488 g/mol. The van der Waals surface area contributed by atoms with Crippen LogP contribution < -0.4 is 4.43 Å². The van der Waals surface area contributed by atoms with Crippen molar-refractivity contribution in [2.75, 3.05) is 12.9 Å². The van der Waals surface area contributed by atoms with E-state index >= 15 is 0 Å². The van der Waals surface area contributed by atoms with Crippen LogP contribution in [0.25, 0.3) is 22.3 Å². The molecule has 0 bridgehead atoms. The summed E-state index contributed by atoms with van der Waals surface area (Å²) in [5, 5.41) is 5.54. The van der Waals surface area contributed by atoms with Crippen molar-refractivity contribution in [1.82, 2.24) is 19.7 Å². The lowest BCUT2D eigenvalue weighted by Gasteiger charge is -2.36. The minimum atomic E-state index is -3.55. The summed E-state index contributed by atoms with van der Waals surface area (Å²) in [6.45, 7) is 11.7. The summed E-state index contributed by atoms with van der Waals surface area (Å²) in [5.74, 6) is 0.775. The van der Waals surface area contributed by atoms with E-state index in [9.17, 15) is 8.42 Å². The minimum absolute atomic E-state index is 0.0575. The van der Waals surface area contributed by atoms with E-state index < -0.39 is 18.2 Å². The number of hydrogen-bond donors (Lipinski definition) is 0. The fourth-order valence-corrected chi connectivity index (χ4v) is 5.15. The molecule has 1 fully saturated rings. The fourth-order valence-electron chi connectivity index (χ4n) is 3.61. The van der Waals surface area contributed by atoms with Gasteiger partial charge in [-0.2, -0.15) is 5.10 Å². The van der Waals surface area contributed by atoms with Gasteiger partial charge in [0.05, 0.1) is 11.2 Å². The van der Waals surface area contributed by atoms with E-state index in [0.717, 1.165) is 42.2 Å². The van der Waals surface area contributed by atoms with Gasteiger partial charge < -0.3 is 9.16 Å². The van der Waals surface area contributed by atoms with Crippen LogP contribution in [-0.4, -0.2) is 49.3 Å². The van der Waals surface area contributed by atoms with Crippen LogP contribution in [0.1, 0.15) is 46.3 Å². The molecule has 0 spiro atoms. The molecular weight excluding hydrogens is 456 g/mol. The second-order valence-corrected chi connectivity index (χ2v) is 16.8. The molecule has 1 aromatic carbocycles. The van der Waals surface area contributed by atoms with Gasteiger partial charge in [-0.1, -0.05) is 20.8 Å². The molecule has 4 rings (SSSR count). The maximum atomic E-state index is 12.1. The fraction of sp³-hybridized carbons (Fsp3) is 0.522. The Bertz CT molecular complexity index is 1280. The number of sulfone groups is 1. The highest BCUT2D eigenvalue weighted by Crippen LogP contribution is 2.39. The van der Waals surface area contributed by atoms with Crippen LogP contribution in [0.3, 0.4) is 0 Å². The number of nitrogens with zero attached hydrogens (tertiary/aromatic N) is 4. The van der Waals surface area contributed by atoms with Crippen LogP contribution in [0.4, 0.5) is 0 Å². The zero-order chi connectivity index (χ0) is 24.0. The average molecular weight is 489 g/mol. The van der Waals surface area contributed by atoms with Crippen molar-refractivity contribution in [3.63, 3.8) is 0 Å². The van der Waals surface area contributed by atoms with Gasteiger partial charge in [0.25, 0.3) is 0 Å². The van der Waals surface area contributed by atoms with Crippen LogP contribution in [0, 0.1) is 0 Å². The second-order valence-electron chi connectivity index (χ2n) is 10.2. The van der Waals surface area contributed by atoms with Crippen LogP contribution in [0.15, 0.2) is 35.6 Å². The number of fused-ring (bicyclic) bond motifs is 1. The Hall–Kier alpha value is -2.30. The summed E-state index contributed by atoms with van der Waals surface area (Å²) in [6, 6.07) is 7.66. The molecule has 0 amide bonds. The summed E-state index contributed by atoms with van der Waals surface area (Å²) in [6.07, 6.45) is 5.37. The SMILES string of the molecule is CC(C)(C)[Si](C)(C)Oc1ccc2c(c1)c(-c1ccnc(S(C)(=O)=O)n1)nn2C1CCCCO1. The quantitative estimate of drug-likeness (QED) is 0.369. The van der Waals surface area contributed by atoms with Crippen molar-refractivity contribution in [3.8, 4) is 17.1 Å². The van der Waals surface area contributed by atoms with Crippen LogP contribution in [0.5, 0.6) is 5.75 Å². The first-order valence-electron chi connectivity index (χ1n) is 11.2. The Morgan fingerprint density at radius 2 is 1.94 bits per heavy atom. The van der Waals surface area contributed by atoms with Crippen molar-refractivity contribution in [2.45, 2.75) is 69.6 Å².